The SMILES string of the molecule is CC(=O)Oc1ccc([C@@H]2[C@@H](CC[C@H](OC(C)=O)c3ccc(F)cc3)C(=O)N2c2ccc(I)cc2)cc1. The van der Waals surface area contributed by atoms with E-state index in [1.165, 1.54) is 26.0 Å². The van der Waals surface area contributed by atoms with Crippen molar-refractivity contribution in [3.63, 3.8) is 0 Å². The van der Waals surface area contributed by atoms with Crippen LogP contribution in [0, 0.1) is 15.3 Å². The van der Waals surface area contributed by atoms with Crippen LogP contribution in [0.15, 0.2) is 72.8 Å². The number of benzene rings is 3. The number of rotatable bonds is 8. The Bertz CT molecular complexity index is 1240. The summed E-state index contributed by atoms with van der Waals surface area (Å²) >= 11 is 2.22. The first-order valence-corrected chi connectivity index (χ1v) is 12.6. The van der Waals surface area contributed by atoms with E-state index in [0.29, 0.717) is 24.2 Å². The highest BCUT2D eigenvalue weighted by molar-refractivity contribution is 14.1. The standard InChI is InChI=1S/C28H25FINO5/c1-17(32)35-24-13-5-20(6-14-24)27-25(28(34)31(27)23-11-9-22(30)10-12-23)15-16-26(36-18(2)33)19-3-7-21(29)8-4-19/h3-14,25-27H,15-16H2,1-2H3/t25-,26+,27-/m1/s1. The van der Waals surface area contributed by atoms with Crippen molar-refractivity contribution in [3.8, 4) is 5.75 Å². The van der Waals surface area contributed by atoms with Crippen LogP contribution in [0.3, 0.4) is 0 Å². The van der Waals surface area contributed by atoms with Gasteiger partial charge in [-0.05, 0) is 95.1 Å². The zero-order chi connectivity index (χ0) is 25.8. The first kappa shape index (κ1) is 25.8. The lowest BCUT2D eigenvalue weighted by atomic mass is 9.78. The summed E-state index contributed by atoms with van der Waals surface area (Å²) in [6.45, 7) is 2.67. The van der Waals surface area contributed by atoms with Crippen LogP contribution < -0.4 is 9.64 Å². The van der Waals surface area contributed by atoms with Gasteiger partial charge in [-0.2, -0.15) is 0 Å². The molecule has 0 aromatic heterocycles. The van der Waals surface area contributed by atoms with Crippen molar-refractivity contribution < 1.29 is 28.2 Å². The smallest absolute Gasteiger partial charge is 0.308 e. The third-order valence-electron chi connectivity index (χ3n) is 6.09. The molecule has 0 bridgehead atoms. The van der Waals surface area contributed by atoms with Gasteiger partial charge in [0.2, 0.25) is 5.91 Å². The van der Waals surface area contributed by atoms with E-state index in [-0.39, 0.29) is 23.7 Å². The summed E-state index contributed by atoms with van der Waals surface area (Å²) < 4.78 is 25.1. The highest BCUT2D eigenvalue weighted by Crippen LogP contribution is 2.46. The third kappa shape index (κ3) is 5.92. The second-order valence-corrected chi connectivity index (χ2v) is 9.87. The number of ether oxygens (including phenoxy) is 2. The maximum Gasteiger partial charge on any atom is 0.308 e. The van der Waals surface area contributed by atoms with Crippen molar-refractivity contribution in [1.82, 2.24) is 0 Å². The number of anilines is 1. The van der Waals surface area contributed by atoms with Crippen LogP contribution in [0.4, 0.5) is 10.1 Å². The van der Waals surface area contributed by atoms with Crippen molar-refractivity contribution in [3.05, 3.63) is 93.3 Å². The van der Waals surface area contributed by atoms with E-state index in [2.05, 4.69) is 22.6 Å². The van der Waals surface area contributed by atoms with Crippen LogP contribution in [0.5, 0.6) is 5.75 Å². The fourth-order valence-corrected chi connectivity index (χ4v) is 4.86. The molecule has 0 N–H and O–H groups in total. The minimum atomic E-state index is -0.588. The third-order valence-corrected chi connectivity index (χ3v) is 6.81. The van der Waals surface area contributed by atoms with Crippen molar-refractivity contribution in [2.75, 3.05) is 4.90 Å². The molecule has 0 spiro atoms. The Kier molecular flexibility index (Phi) is 8.03. The van der Waals surface area contributed by atoms with Gasteiger partial charge in [-0.15, -0.1) is 0 Å². The zero-order valence-electron chi connectivity index (χ0n) is 19.8. The molecule has 1 saturated heterocycles. The molecule has 186 valence electrons. The Morgan fingerprint density at radius 1 is 0.944 bits per heavy atom. The molecule has 3 aromatic rings. The number of esters is 2. The highest BCUT2D eigenvalue weighted by Gasteiger charge is 2.48. The number of hydrogen-bond donors (Lipinski definition) is 0. The van der Waals surface area contributed by atoms with E-state index in [4.69, 9.17) is 9.47 Å². The monoisotopic (exact) mass is 601 g/mol. The summed E-state index contributed by atoms with van der Waals surface area (Å²) in [4.78, 5) is 38.1. The molecular weight excluding hydrogens is 576 g/mol. The molecule has 3 atom stereocenters. The number of carbonyl (C=O) groups excluding carboxylic acids is 3. The van der Waals surface area contributed by atoms with E-state index >= 15 is 0 Å². The predicted molar refractivity (Wildman–Crippen MR) is 141 cm³/mol. The van der Waals surface area contributed by atoms with Gasteiger partial charge >= 0.3 is 11.9 Å². The zero-order valence-corrected chi connectivity index (χ0v) is 22.0. The van der Waals surface area contributed by atoms with Crippen LogP contribution in [0.1, 0.15) is 50.0 Å². The van der Waals surface area contributed by atoms with Gasteiger partial charge in [0.25, 0.3) is 0 Å². The van der Waals surface area contributed by atoms with Crippen molar-refractivity contribution in [2.24, 2.45) is 5.92 Å². The fraction of sp³-hybridized carbons (Fsp3) is 0.250. The molecule has 0 saturated carbocycles. The molecule has 1 fully saturated rings. The lowest BCUT2D eigenvalue weighted by Gasteiger charge is -2.48. The largest absolute Gasteiger partial charge is 0.458 e. The molecule has 6 nitrogen and oxygen atoms in total. The number of amides is 1. The number of hydrogen-bond acceptors (Lipinski definition) is 5. The Morgan fingerprint density at radius 3 is 2.17 bits per heavy atom. The van der Waals surface area contributed by atoms with Crippen molar-refractivity contribution in [1.29, 1.82) is 0 Å². The first-order valence-electron chi connectivity index (χ1n) is 11.5. The molecule has 4 rings (SSSR count). The molecule has 1 amide bonds. The average molecular weight is 601 g/mol. The molecule has 1 heterocycles. The normalized spacial score (nSPS) is 17.8. The lowest BCUT2D eigenvalue weighted by Crippen LogP contribution is -2.55. The summed E-state index contributed by atoms with van der Waals surface area (Å²) in [6, 6.07) is 20.4. The highest BCUT2D eigenvalue weighted by atomic mass is 127. The number of carbonyl (C=O) groups is 3. The molecule has 0 radical (unpaired) electrons. The topological polar surface area (TPSA) is 72.9 Å². The Hall–Kier alpha value is -3.27. The van der Waals surface area contributed by atoms with Crippen LogP contribution >= 0.6 is 22.6 Å². The maximum atomic E-state index is 13.4. The minimum absolute atomic E-state index is 0.0223. The van der Waals surface area contributed by atoms with Crippen LogP contribution in [0.2, 0.25) is 0 Å². The molecule has 0 unspecified atom stereocenters. The van der Waals surface area contributed by atoms with Gasteiger partial charge in [0, 0.05) is 23.1 Å². The second-order valence-electron chi connectivity index (χ2n) is 8.63. The van der Waals surface area contributed by atoms with E-state index in [1.54, 1.807) is 29.2 Å². The van der Waals surface area contributed by atoms with Gasteiger partial charge in [-0.1, -0.05) is 24.3 Å². The number of β-lactam (4-membered cyclic amide) rings is 1. The van der Waals surface area contributed by atoms with E-state index in [1.807, 2.05) is 36.4 Å². The van der Waals surface area contributed by atoms with E-state index < -0.39 is 18.0 Å². The van der Waals surface area contributed by atoms with Crippen LogP contribution in [0.25, 0.3) is 0 Å². The number of halogens is 2. The summed E-state index contributed by atoms with van der Waals surface area (Å²) in [6.07, 6.45) is 0.283. The summed E-state index contributed by atoms with van der Waals surface area (Å²) in [7, 11) is 0. The van der Waals surface area contributed by atoms with Gasteiger partial charge in [0.15, 0.2) is 0 Å². The lowest BCUT2D eigenvalue weighted by molar-refractivity contribution is -0.147. The number of nitrogens with zero attached hydrogens (tertiary/aromatic N) is 1. The van der Waals surface area contributed by atoms with Crippen LogP contribution in [-0.4, -0.2) is 17.8 Å². The molecule has 1 aliphatic rings. The van der Waals surface area contributed by atoms with Gasteiger partial charge in [-0.25, -0.2) is 4.39 Å². The van der Waals surface area contributed by atoms with Gasteiger partial charge in [0.05, 0.1) is 12.0 Å². The average Bonchev–Trinajstić information content (AvgIpc) is 2.83. The molecule has 36 heavy (non-hydrogen) atoms. The van der Waals surface area contributed by atoms with Gasteiger partial charge in [0.1, 0.15) is 17.7 Å². The van der Waals surface area contributed by atoms with Gasteiger partial charge in [-0.3, -0.25) is 14.4 Å². The van der Waals surface area contributed by atoms with Crippen molar-refractivity contribution >= 4 is 46.1 Å². The fourth-order valence-electron chi connectivity index (χ4n) is 4.50. The summed E-state index contributed by atoms with van der Waals surface area (Å²) in [5.41, 5.74) is 2.37. The van der Waals surface area contributed by atoms with E-state index in [9.17, 15) is 18.8 Å². The molecule has 3 aromatic carbocycles. The maximum absolute atomic E-state index is 13.4. The Balaban J connectivity index is 1.59. The summed E-state index contributed by atoms with van der Waals surface area (Å²) in [5, 5.41) is 0. The summed E-state index contributed by atoms with van der Waals surface area (Å²) in [5.74, 6) is -1.16. The minimum Gasteiger partial charge on any atom is -0.458 e. The molecule has 8 heteroatoms. The predicted octanol–water partition coefficient (Wildman–Crippen LogP) is 6.14. The Labute approximate surface area is 222 Å². The quantitative estimate of drug-likeness (QED) is 0.134. The molecule has 0 aliphatic carbocycles. The van der Waals surface area contributed by atoms with E-state index in [0.717, 1.165) is 14.8 Å². The van der Waals surface area contributed by atoms with Crippen molar-refractivity contribution in [2.45, 2.75) is 38.8 Å². The molecule has 1 aliphatic heterocycles. The first-order chi connectivity index (χ1) is 17.2. The second kappa shape index (κ2) is 11.2. The Morgan fingerprint density at radius 2 is 1.58 bits per heavy atom. The van der Waals surface area contributed by atoms with Crippen LogP contribution in [-0.2, 0) is 19.1 Å². The molecular formula is C28H25FINO5. The van der Waals surface area contributed by atoms with Gasteiger partial charge < -0.3 is 14.4 Å².